The summed E-state index contributed by atoms with van der Waals surface area (Å²) in [7, 11) is -2.14. The van der Waals surface area contributed by atoms with E-state index in [4.69, 9.17) is 10.5 Å². The summed E-state index contributed by atoms with van der Waals surface area (Å²) < 4.78 is 31.0. The highest BCUT2D eigenvalue weighted by Crippen LogP contribution is 2.55. The van der Waals surface area contributed by atoms with Crippen LogP contribution >= 0.6 is 0 Å². The summed E-state index contributed by atoms with van der Waals surface area (Å²) in [5, 5.41) is 8.51. The monoisotopic (exact) mass is 342 g/mol. The molecule has 3 atom stereocenters. The third kappa shape index (κ3) is 2.46. The van der Waals surface area contributed by atoms with Gasteiger partial charge in [-0.1, -0.05) is 29.8 Å². The minimum absolute atomic E-state index is 0.194. The van der Waals surface area contributed by atoms with Crippen LogP contribution in [0.25, 0.3) is 0 Å². The molecule has 3 rings (SSSR count). The third-order valence-corrected chi connectivity index (χ3v) is 6.79. The van der Waals surface area contributed by atoms with Gasteiger partial charge in [0.25, 0.3) is 0 Å². The Hall–Kier alpha value is -2.36. The zero-order chi connectivity index (χ0) is 17.5. The van der Waals surface area contributed by atoms with Crippen molar-refractivity contribution in [1.82, 2.24) is 0 Å². The maximum atomic E-state index is 12.9. The summed E-state index contributed by atoms with van der Waals surface area (Å²) in [5.41, 5.74) is 6.39. The molecular weight excluding hydrogens is 324 g/mol. The van der Waals surface area contributed by atoms with E-state index >= 15 is 0 Å². The molecule has 6 heteroatoms. The Kier molecular flexibility index (Phi) is 3.86. The normalized spacial score (nSPS) is 25.8. The van der Waals surface area contributed by atoms with Crippen LogP contribution in [0.1, 0.15) is 17.0 Å². The molecule has 0 bridgehead atoms. The zero-order valence-corrected chi connectivity index (χ0v) is 14.2. The zero-order valence-electron chi connectivity index (χ0n) is 13.4. The molecule has 5 nitrogen and oxygen atoms in total. The second-order valence-corrected chi connectivity index (χ2v) is 8.14. The predicted octanol–water partition coefficient (Wildman–Crippen LogP) is 2.16. The summed E-state index contributed by atoms with van der Waals surface area (Å²) in [6.07, 6.45) is 0. The lowest BCUT2D eigenvalue weighted by atomic mass is 10.1. The fourth-order valence-corrected chi connectivity index (χ4v) is 5.26. The van der Waals surface area contributed by atoms with Gasteiger partial charge in [0.1, 0.15) is 16.5 Å². The van der Waals surface area contributed by atoms with Crippen LogP contribution in [0.2, 0.25) is 0 Å². The van der Waals surface area contributed by atoms with Crippen molar-refractivity contribution >= 4 is 9.84 Å². The summed E-state index contributed by atoms with van der Waals surface area (Å²) >= 11 is 0. The number of aryl methyl sites for hydroxylation is 1. The molecule has 2 aromatic rings. The van der Waals surface area contributed by atoms with Crippen LogP contribution in [-0.2, 0) is 9.84 Å². The highest BCUT2D eigenvalue weighted by molar-refractivity contribution is 7.92. The molecule has 0 heterocycles. The van der Waals surface area contributed by atoms with Gasteiger partial charge in [0, 0.05) is 5.92 Å². The third-order valence-electron chi connectivity index (χ3n) is 4.53. The van der Waals surface area contributed by atoms with Crippen molar-refractivity contribution in [2.45, 2.75) is 28.5 Å². The van der Waals surface area contributed by atoms with Crippen LogP contribution < -0.4 is 10.5 Å². The van der Waals surface area contributed by atoms with Gasteiger partial charge in [0.05, 0.1) is 18.1 Å². The molecule has 0 aliphatic heterocycles. The summed E-state index contributed by atoms with van der Waals surface area (Å²) in [4.78, 5) is 0.194. The van der Waals surface area contributed by atoms with Crippen LogP contribution in [0.3, 0.4) is 0 Å². The van der Waals surface area contributed by atoms with E-state index in [1.54, 1.807) is 55.6 Å². The molecule has 3 unspecified atom stereocenters. The van der Waals surface area contributed by atoms with E-state index in [-0.39, 0.29) is 4.90 Å². The molecule has 2 aromatic carbocycles. The van der Waals surface area contributed by atoms with Gasteiger partial charge in [0.15, 0.2) is 9.84 Å². The molecule has 0 spiro atoms. The van der Waals surface area contributed by atoms with Crippen LogP contribution in [-0.4, -0.2) is 26.3 Å². The van der Waals surface area contributed by atoms with Gasteiger partial charge in [-0.25, -0.2) is 8.42 Å². The summed E-state index contributed by atoms with van der Waals surface area (Å²) in [6.45, 7) is 1.89. The molecule has 1 aliphatic rings. The van der Waals surface area contributed by atoms with Gasteiger partial charge in [-0.15, -0.1) is 0 Å². The minimum Gasteiger partial charge on any atom is -0.497 e. The highest BCUT2D eigenvalue weighted by Gasteiger charge is 2.70. The van der Waals surface area contributed by atoms with Gasteiger partial charge in [-0.3, -0.25) is 0 Å². The Morgan fingerprint density at radius 1 is 1.12 bits per heavy atom. The lowest BCUT2D eigenvalue weighted by Gasteiger charge is -2.05. The molecule has 24 heavy (non-hydrogen) atoms. The number of hydrogen-bond acceptors (Lipinski definition) is 5. The van der Waals surface area contributed by atoms with Crippen LogP contribution in [0, 0.1) is 18.3 Å². The second-order valence-electron chi connectivity index (χ2n) is 6.07. The first-order chi connectivity index (χ1) is 11.3. The van der Waals surface area contributed by atoms with Crippen molar-refractivity contribution in [2.75, 3.05) is 7.11 Å². The van der Waals surface area contributed by atoms with Gasteiger partial charge < -0.3 is 10.5 Å². The van der Waals surface area contributed by atoms with E-state index < -0.39 is 26.5 Å². The number of sulfone groups is 1. The smallest absolute Gasteiger partial charge is 0.184 e. The quantitative estimate of drug-likeness (QED) is 0.919. The first-order valence-electron chi connectivity index (χ1n) is 7.49. The van der Waals surface area contributed by atoms with Crippen molar-refractivity contribution in [3.63, 3.8) is 0 Å². The number of nitriles is 1. The van der Waals surface area contributed by atoms with E-state index in [2.05, 4.69) is 0 Å². The average molecular weight is 342 g/mol. The Balaban J connectivity index is 2.00. The summed E-state index contributed by atoms with van der Waals surface area (Å²) in [6, 6.07) is 15.6. The standard InChI is InChI=1S/C18H18N2O3S/c1-12-3-9-15(10-4-12)24(21,22)17-16(18(17,20)11-19)13-5-7-14(23-2)8-6-13/h3-10,16-17H,20H2,1-2H3. The van der Waals surface area contributed by atoms with Crippen LogP contribution in [0.15, 0.2) is 53.4 Å². The number of benzene rings is 2. The Bertz CT molecular complexity index is 899. The molecule has 1 aliphatic carbocycles. The number of ether oxygens (including phenoxy) is 1. The van der Waals surface area contributed by atoms with E-state index in [1.165, 1.54) is 0 Å². The molecule has 124 valence electrons. The maximum Gasteiger partial charge on any atom is 0.184 e. The fraction of sp³-hybridized carbons (Fsp3) is 0.278. The summed E-state index contributed by atoms with van der Waals surface area (Å²) in [5.74, 6) is 0.108. The largest absolute Gasteiger partial charge is 0.497 e. The van der Waals surface area contributed by atoms with E-state index in [9.17, 15) is 13.7 Å². The van der Waals surface area contributed by atoms with Crippen molar-refractivity contribution < 1.29 is 13.2 Å². The molecule has 0 aromatic heterocycles. The van der Waals surface area contributed by atoms with Gasteiger partial charge in [-0.05, 0) is 36.8 Å². The van der Waals surface area contributed by atoms with Crippen molar-refractivity contribution in [1.29, 1.82) is 5.26 Å². The second kappa shape index (κ2) is 5.62. The lowest BCUT2D eigenvalue weighted by molar-refractivity contribution is 0.414. The molecule has 1 fully saturated rings. The van der Waals surface area contributed by atoms with E-state index in [0.29, 0.717) is 5.75 Å². The van der Waals surface area contributed by atoms with Crippen LogP contribution in [0.5, 0.6) is 5.75 Å². The molecule has 2 N–H and O–H groups in total. The lowest BCUT2D eigenvalue weighted by Crippen LogP contribution is -2.29. The van der Waals surface area contributed by atoms with Gasteiger partial charge >= 0.3 is 0 Å². The predicted molar refractivity (Wildman–Crippen MR) is 90.4 cm³/mol. The van der Waals surface area contributed by atoms with Crippen LogP contribution in [0.4, 0.5) is 0 Å². The number of rotatable bonds is 4. The number of nitrogens with zero attached hydrogens (tertiary/aromatic N) is 1. The number of nitrogens with two attached hydrogens (primary N) is 1. The average Bonchev–Trinajstić information content (AvgIpc) is 3.23. The highest BCUT2D eigenvalue weighted by atomic mass is 32.2. The van der Waals surface area contributed by atoms with Crippen molar-refractivity contribution in [3.05, 3.63) is 59.7 Å². The van der Waals surface area contributed by atoms with E-state index in [1.807, 2.05) is 13.0 Å². The Morgan fingerprint density at radius 2 is 1.71 bits per heavy atom. The SMILES string of the molecule is COc1ccc(C2C(S(=O)(=O)c3ccc(C)cc3)C2(N)C#N)cc1. The number of hydrogen-bond donors (Lipinski definition) is 1. The molecule has 0 amide bonds. The van der Waals surface area contributed by atoms with Crippen molar-refractivity contribution in [3.8, 4) is 11.8 Å². The topological polar surface area (TPSA) is 93.2 Å². The molecule has 0 radical (unpaired) electrons. The first kappa shape index (κ1) is 16.5. The Morgan fingerprint density at radius 3 is 2.21 bits per heavy atom. The van der Waals surface area contributed by atoms with Crippen molar-refractivity contribution in [2.24, 2.45) is 5.73 Å². The number of methoxy groups -OCH3 is 1. The first-order valence-corrected chi connectivity index (χ1v) is 9.04. The molecular formula is C18H18N2O3S. The fourth-order valence-electron chi connectivity index (χ4n) is 3.08. The minimum atomic E-state index is -3.69. The Labute approximate surface area is 141 Å². The molecule has 0 saturated heterocycles. The molecule has 1 saturated carbocycles. The van der Waals surface area contributed by atoms with E-state index in [0.717, 1.165) is 11.1 Å². The van der Waals surface area contributed by atoms with Gasteiger partial charge in [-0.2, -0.15) is 5.26 Å². The maximum absolute atomic E-state index is 12.9. The van der Waals surface area contributed by atoms with Gasteiger partial charge in [0.2, 0.25) is 0 Å².